The zero-order chi connectivity index (χ0) is 25.6. The Morgan fingerprint density at radius 2 is 1.86 bits per heavy atom. The molecule has 3 heterocycles. The molecule has 1 fully saturated rings. The number of H-pyrrole nitrogens is 1. The van der Waals surface area contributed by atoms with Gasteiger partial charge < -0.3 is 10.3 Å². The van der Waals surface area contributed by atoms with E-state index in [4.69, 9.17) is 0 Å². The van der Waals surface area contributed by atoms with Crippen LogP contribution in [0.2, 0.25) is 0 Å². The summed E-state index contributed by atoms with van der Waals surface area (Å²) in [4.78, 5) is 10.4. The number of nitrogens with zero attached hydrogens (tertiary/aromatic N) is 3. The van der Waals surface area contributed by atoms with Crippen LogP contribution >= 0.6 is 0 Å². The molecular formula is C25H27F6N5. The van der Waals surface area contributed by atoms with E-state index in [0.717, 1.165) is 17.0 Å². The molecule has 1 saturated heterocycles. The van der Waals surface area contributed by atoms with Crippen molar-refractivity contribution in [1.29, 1.82) is 0 Å². The molecule has 0 unspecified atom stereocenters. The summed E-state index contributed by atoms with van der Waals surface area (Å²) < 4.78 is 84.1. The Morgan fingerprint density at radius 1 is 1.14 bits per heavy atom. The molecule has 11 heteroatoms. The number of anilines is 1. The molecule has 2 aliphatic heterocycles. The second-order valence-electron chi connectivity index (χ2n) is 9.67. The highest BCUT2D eigenvalue weighted by Crippen LogP contribution is 2.43. The number of rotatable bonds is 7. The third-order valence-corrected chi connectivity index (χ3v) is 7.07. The molecule has 2 aliphatic rings. The van der Waals surface area contributed by atoms with Crippen LogP contribution in [0.1, 0.15) is 36.1 Å². The van der Waals surface area contributed by atoms with E-state index in [2.05, 4.69) is 15.3 Å². The Morgan fingerprint density at radius 3 is 2.53 bits per heavy atom. The van der Waals surface area contributed by atoms with E-state index in [-0.39, 0.29) is 18.2 Å². The van der Waals surface area contributed by atoms with Gasteiger partial charge in [0.25, 0.3) is 0 Å². The van der Waals surface area contributed by atoms with Gasteiger partial charge in [-0.1, -0.05) is 6.07 Å². The second-order valence-corrected chi connectivity index (χ2v) is 9.67. The topological polar surface area (TPSA) is 47.2 Å². The molecule has 36 heavy (non-hydrogen) atoms. The van der Waals surface area contributed by atoms with Gasteiger partial charge in [0.05, 0.1) is 42.7 Å². The molecule has 5 nitrogen and oxygen atoms in total. The number of fused-ring (bicyclic) bond motifs is 3. The van der Waals surface area contributed by atoms with Crippen LogP contribution in [-0.4, -0.2) is 70.9 Å². The smallest absolute Gasteiger partial charge is 0.380 e. The maximum absolute atomic E-state index is 15.5. The monoisotopic (exact) mass is 511 g/mol. The molecule has 2 aromatic carbocycles. The first-order valence-corrected chi connectivity index (χ1v) is 12.0. The minimum absolute atomic E-state index is 0.0423. The van der Waals surface area contributed by atoms with Gasteiger partial charge in [0, 0.05) is 36.9 Å². The van der Waals surface area contributed by atoms with E-state index < -0.39 is 48.7 Å². The van der Waals surface area contributed by atoms with E-state index in [9.17, 15) is 17.6 Å². The van der Waals surface area contributed by atoms with Gasteiger partial charge in [-0.2, -0.15) is 13.2 Å². The van der Waals surface area contributed by atoms with Gasteiger partial charge in [0.2, 0.25) is 0 Å². The minimum Gasteiger partial charge on any atom is -0.380 e. The van der Waals surface area contributed by atoms with Crippen molar-refractivity contribution in [1.82, 2.24) is 19.8 Å². The van der Waals surface area contributed by atoms with Gasteiger partial charge in [0.15, 0.2) is 0 Å². The number of alkyl halides is 4. The molecule has 2 atom stereocenters. The number of benzene rings is 2. The van der Waals surface area contributed by atoms with Gasteiger partial charge >= 0.3 is 6.18 Å². The number of imidazole rings is 1. The van der Waals surface area contributed by atoms with Crippen molar-refractivity contribution < 1.29 is 26.3 Å². The first-order valence-electron chi connectivity index (χ1n) is 12.0. The summed E-state index contributed by atoms with van der Waals surface area (Å²) in [6, 6.07) is 3.64. The molecule has 0 amide bonds. The van der Waals surface area contributed by atoms with Gasteiger partial charge in [-0.05, 0) is 49.1 Å². The normalized spacial score (nSPS) is 21.5. The molecular weight excluding hydrogens is 484 g/mol. The second kappa shape index (κ2) is 9.59. The highest BCUT2D eigenvalue weighted by Gasteiger charge is 2.43. The van der Waals surface area contributed by atoms with E-state index in [1.165, 1.54) is 6.33 Å². The first-order chi connectivity index (χ1) is 17.1. The summed E-state index contributed by atoms with van der Waals surface area (Å²) >= 11 is 0. The molecule has 2 N–H and O–H groups in total. The summed E-state index contributed by atoms with van der Waals surface area (Å²) in [5, 5.41) is 3.07. The zero-order valence-electron chi connectivity index (χ0n) is 19.7. The van der Waals surface area contributed by atoms with Crippen LogP contribution in [0.5, 0.6) is 0 Å². The van der Waals surface area contributed by atoms with Crippen molar-refractivity contribution in [2.45, 2.75) is 44.1 Å². The standard InChI is InChI=1S/C25H27F6N5/c1-14-7-18-17(3-4-21-23(18)33-13-32-21)24(36(14)12-25(29,30)31)22-19(27)8-15(9-20(22)28)34-16-10-35(11-16)6-2-5-26/h3-4,8-9,13-14,16,24,34H,2,5-7,10-12H2,1H3,(H,32,33)/t14-,24+/m1/s1. The molecule has 194 valence electrons. The number of nitrogens with one attached hydrogen (secondary N) is 2. The highest BCUT2D eigenvalue weighted by atomic mass is 19.4. The van der Waals surface area contributed by atoms with Crippen LogP contribution in [0, 0.1) is 11.6 Å². The fraction of sp³-hybridized carbons (Fsp3) is 0.480. The molecule has 1 aromatic heterocycles. The van der Waals surface area contributed by atoms with E-state index in [0.29, 0.717) is 48.2 Å². The maximum Gasteiger partial charge on any atom is 0.401 e. The van der Waals surface area contributed by atoms with Crippen molar-refractivity contribution in [2.24, 2.45) is 0 Å². The summed E-state index contributed by atoms with van der Waals surface area (Å²) in [5.74, 6) is -1.82. The van der Waals surface area contributed by atoms with Crippen LogP contribution < -0.4 is 5.32 Å². The Balaban J connectivity index is 1.49. The lowest BCUT2D eigenvalue weighted by molar-refractivity contribution is -0.155. The third kappa shape index (κ3) is 4.78. The van der Waals surface area contributed by atoms with E-state index >= 15 is 8.78 Å². The molecule has 0 radical (unpaired) electrons. The maximum atomic E-state index is 15.5. The largest absolute Gasteiger partial charge is 0.401 e. The SMILES string of the molecule is C[C@@H]1Cc2c(ccc3[nH]cnc23)[C@@H](c2c(F)cc(NC3CN(CCCF)C3)cc2F)N1CC(F)(F)F. The fourth-order valence-corrected chi connectivity index (χ4v) is 5.47. The van der Waals surface area contributed by atoms with Crippen LogP contribution in [0.3, 0.4) is 0 Å². The number of likely N-dealkylation sites (tertiary alicyclic amines) is 1. The van der Waals surface area contributed by atoms with Crippen molar-refractivity contribution in [3.05, 3.63) is 58.9 Å². The third-order valence-electron chi connectivity index (χ3n) is 7.07. The summed E-state index contributed by atoms with van der Waals surface area (Å²) in [6.45, 7) is 1.80. The van der Waals surface area contributed by atoms with Gasteiger partial charge in [-0.3, -0.25) is 14.2 Å². The Labute approximate surface area is 204 Å². The molecule has 5 rings (SSSR count). The molecule has 0 spiro atoms. The molecule has 0 aliphatic carbocycles. The lowest BCUT2D eigenvalue weighted by atomic mass is 9.83. The summed E-state index contributed by atoms with van der Waals surface area (Å²) in [5.41, 5.74) is 2.22. The summed E-state index contributed by atoms with van der Waals surface area (Å²) in [7, 11) is 0. The number of halogens is 6. The van der Waals surface area contributed by atoms with E-state index in [1.807, 2.05) is 4.90 Å². The van der Waals surface area contributed by atoms with Gasteiger partial charge in [-0.15, -0.1) is 0 Å². The van der Waals surface area contributed by atoms with Crippen LogP contribution in [0.15, 0.2) is 30.6 Å². The number of hydrogen-bond acceptors (Lipinski definition) is 4. The Bertz CT molecular complexity index is 1210. The van der Waals surface area contributed by atoms with Gasteiger partial charge in [0.1, 0.15) is 11.6 Å². The molecule has 3 aromatic rings. The lowest BCUT2D eigenvalue weighted by Gasteiger charge is -2.43. The van der Waals surface area contributed by atoms with Crippen molar-refractivity contribution >= 4 is 16.7 Å². The molecule has 0 saturated carbocycles. The van der Waals surface area contributed by atoms with Crippen LogP contribution in [0.25, 0.3) is 11.0 Å². The fourth-order valence-electron chi connectivity index (χ4n) is 5.47. The Hall–Kier alpha value is -2.79. The first kappa shape index (κ1) is 24.9. The average molecular weight is 512 g/mol. The highest BCUT2D eigenvalue weighted by molar-refractivity contribution is 5.80. The predicted octanol–water partition coefficient (Wildman–Crippen LogP) is 5.20. The van der Waals surface area contributed by atoms with Crippen molar-refractivity contribution in [3.63, 3.8) is 0 Å². The van der Waals surface area contributed by atoms with E-state index in [1.54, 1.807) is 19.1 Å². The number of aromatic nitrogens is 2. The average Bonchev–Trinajstić information content (AvgIpc) is 3.25. The quantitative estimate of drug-likeness (QED) is 0.429. The Kier molecular flexibility index (Phi) is 6.63. The minimum atomic E-state index is -4.55. The van der Waals surface area contributed by atoms with Crippen molar-refractivity contribution in [3.8, 4) is 0 Å². The number of aromatic amines is 1. The number of hydrogen-bond donors (Lipinski definition) is 2. The lowest BCUT2D eigenvalue weighted by Crippen LogP contribution is -2.54. The predicted molar refractivity (Wildman–Crippen MR) is 125 cm³/mol. The van der Waals surface area contributed by atoms with Crippen LogP contribution in [-0.2, 0) is 6.42 Å². The summed E-state index contributed by atoms with van der Waals surface area (Å²) in [6.07, 6.45) is -2.35. The van der Waals surface area contributed by atoms with Crippen LogP contribution in [0.4, 0.5) is 32.0 Å². The van der Waals surface area contributed by atoms with Crippen molar-refractivity contribution in [2.75, 3.05) is 38.2 Å². The van der Waals surface area contributed by atoms with Gasteiger partial charge in [-0.25, -0.2) is 13.8 Å². The zero-order valence-corrected chi connectivity index (χ0v) is 19.7. The molecule has 0 bridgehead atoms.